The number of unbranched alkanes of at least 4 members (excludes halogenated alkanes) is 8. The van der Waals surface area contributed by atoms with Crippen LogP contribution < -0.4 is 0 Å². The number of hydrogen-bond donors (Lipinski definition) is 1. The van der Waals surface area contributed by atoms with E-state index in [1.807, 2.05) is 13.1 Å². The molecule has 0 aliphatic heterocycles. The van der Waals surface area contributed by atoms with Gasteiger partial charge in [0.25, 0.3) is 0 Å². The number of rotatable bonds is 25. The van der Waals surface area contributed by atoms with Crippen molar-refractivity contribution < 1.29 is 33.3 Å². The van der Waals surface area contributed by atoms with Crippen molar-refractivity contribution in [1.82, 2.24) is 0 Å². The van der Waals surface area contributed by atoms with Crippen molar-refractivity contribution in [1.29, 1.82) is 0 Å². The molecule has 0 fully saturated rings. The summed E-state index contributed by atoms with van der Waals surface area (Å²) < 4.78 is 26.7. The number of carbonyl (C=O) groups excluding carboxylic acids is 1. The summed E-state index contributed by atoms with van der Waals surface area (Å²) in [6.45, 7) is 13.8. The quantitative estimate of drug-likeness (QED) is 0.0845. The maximum absolute atomic E-state index is 11.2. The van der Waals surface area contributed by atoms with E-state index in [9.17, 15) is 9.59 Å². The van der Waals surface area contributed by atoms with Crippen molar-refractivity contribution in [3.8, 4) is 0 Å². The minimum atomic E-state index is -1.82. The maximum atomic E-state index is 11.2. The highest BCUT2D eigenvalue weighted by Gasteiger charge is 2.15. The van der Waals surface area contributed by atoms with Gasteiger partial charge in [-0.3, -0.25) is 0 Å². The third-order valence-electron chi connectivity index (χ3n) is 5.00. The van der Waals surface area contributed by atoms with Crippen molar-refractivity contribution in [3.63, 3.8) is 0 Å². The zero-order valence-electron chi connectivity index (χ0n) is 21.5. The van der Waals surface area contributed by atoms with Crippen LogP contribution in [0.4, 0.5) is 0 Å². The Morgan fingerprint density at radius 3 is 1.42 bits per heavy atom. The molecule has 0 saturated carbocycles. The second-order valence-electron chi connectivity index (χ2n) is 9.11. The standard InChI is InChI=1S/C25H50O7Si/c1-24(2)25(26)32-22-21-31-20-19-30-18-17-29-16-15-28-14-12-10-8-6-5-7-9-11-13-23-33(3,4)27/h27H,1,5-23H2,2-4H3. The molecular weight excluding hydrogens is 440 g/mol. The molecule has 0 aliphatic rings. The first kappa shape index (κ1) is 32.2. The van der Waals surface area contributed by atoms with Gasteiger partial charge in [-0.25, -0.2) is 4.79 Å². The molecule has 1 N–H and O–H groups in total. The summed E-state index contributed by atoms with van der Waals surface area (Å²) in [4.78, 5) is 21.0. The van der Waals surface area contributed by atoms with Gasteiger partial charge in [0.05, 0.1) is 46.2 Å². The Balaban J connectivity index is 3.09. The predicted octanol–water partition coefficient (Wildman–Crippen LogP) is 4.88. The Labute approximate surface area is 203 Å². The molecule has 8 heteroatoms. The fourth-order valence-electron chi connectivity index (χ4n) is 3.08. The van der Waals surface area contributed by atoms with Gasteiger partial charge in [-0.2, -0.15) is 0 Å². The van der Waals surface area contributed by atoms with Crippen molar-refractivity contribution in [3.05, 3.63) is 12.2 Å². The van der Waals surface area contributed by atoms with Crippen LogP contribution in [0.3, 0.4) is 0 Å². The Hall–Kier alpha value is -0.773. The highest BCUT2D eigenvalue weighted by Crippen LogP contribution is 2.14. The number of hydrogen-bond acceptors (Lipinski definition) is 7. The fraction of sp³-hybridized carbons (Fsp3) is 0.880. The third kappa shape index (κ3) is 27.4. The lowest BCUT2D eigenvalue weighted by Gasteiger charge is -2.12. The Morgan fingerprint density at radius 2 is 1.00 bits per heavy atom. The molecule has 0 saturated heterocycles. The molecule has 0 bridgehead atoms. The summed E-state index contributed by atoms with van der Waals surface area (Å²) >= 11 is 0. The molecule has 0 amide bonds. The first-order valence-corrected chi connectivity index (χ1v) is 15.8. The normalized spacial score (nSPS) is 11.6. The molecule has 0 aliphatic carbocycles. The number of carbonyl (C=O) groups is 1. The minimum absolute atomic E-state index is 0.224. The second kappa shape index (κ2) is 23.0. The summed E-state index contributed by atoms with van der Waals surface area (Å²) in [5.74, 6) is -0.394. The van der Waals surface area contributed by atoms with Crippen LogP contribution in [0.25, 0.3) is 0 Å². The van der Waals surface area contributed by atoms with Crippen LogP contribution in [0.1, 0.15) is 64.7 Å². The van der Waals surface area contributed by atoms with Gasteiger partial charge in [0, 0.05) is 12.2 Å². The molecule has 0 spiro atoms. The molecule has 33 heavy (non-hydrogen) atoms. The molecule has 0 aromatic rings. The van der Waals surface area contributed by atoms with Gasteiger partial charge in [0.1, 0.15) is 6.61 Å². The minimum Gasteiger partial charge on any atom is -0.460 e. The van der Waals surface area contributed by atoms with E-state index in [2.05, 4.69) is 6.58 Å². The van der Waals surface area contributed by atoms with Crippen molar-refractivity contribution >= 4 is 14.3 Å². The van der Waals surface area contributed by atoms with Gasteiger partial charge < -0.3 is 28.5 Å². The molecule has 0 rings (SSSR count). The largest absolute Gasteiger partial charge is 0.460 e. The fourth-order valence-corrected chi connectivity index (χ4v) is 4.19. The zero-order chi connectivity index (χ0) is 24.6. The van der Waals surface area contributed by atoms with Crippen LogP contribution in [0.15, 0.2) is 12.2 Å². The molecule has 196 valence electrons. The first-order valence-electron chi connectivity index (χ1n) is 12.7. The molecule has 0 aromatic heterocycles. The third-order valence-corrected chi connectivity index (χ3v) is 6.58. The lowest BCUT2D eigenvalue weighted by Crippen LogP contribution is -2.23. The van der Waals surface area contributed by atoms with Crippen molar-refractivity contribution in [2.75, 3.05) is 59.5 Å². The summed E-state index contributed by atoms with van der Waals surface area (Å²) in [5, 5.41) is 0. The van der Waals surface area contributed by atoms with E-state index in [0.717, 1.165) is 19.1 Å². The molecule has 0 radical (unpaired) electrons. The smallest absolute Gasteiger partial charge is 0.333 e. The van der Waals surface area contributed by atoms with Gasteiger partial charge in [-0.15, -0.1) is 0 Å². The van der Waals surface area contributed by atoms with Gasteiger partial charge in [-0.1, -0.05) is 57.9 Å². The maximum Gasteiger partial charge on any atom is 0.333 e. The van der Waals surface area contributed by atoms with E-state index in [4.69, 9.17) is 23.7 Å². The van der Waals surface area contributed by atoms with Crippen LogP contribution in [-0.4, -0.2) is 78.5 Å². The number of ether oxygens (including phenoxy) is 5. The van der Waals surface area contributed by atoms with Crippen molar-refractivity contribution in [2.24, 2.45) is 0 Å². The van der Waals surface area contributed by atoms with Crippen LogP contribution in [0.2, 0.25) is 19.1 Å². The second-order valence-corrected chi connectivity index (χ2v) is 13.2. The zero-order valence-corrected chi connectivity index (χ0v) is 22.5. The summed E-state index contributed by atoms with van der Waals surface area (Å²) in [7, 11) is -1.82. The van der Waals surface area contributed by atoms with Gasteiger partial charge >= 0.3 is 5.97 Å². The van der Waals surface area contributed by atoms with Crippen molar-refractivity contribution in [2.45, 2.75) is 83.8 Å². The van der Waals surface area contributed by atoms with Gasteiger partial charge in [-0.05, 0) is 32.5 Å². The Kier molecular flexibility index (Phi) is 22.5. The monoisotopic (exact) mass is 490 g/mol. The molecule has 0 atom stereocenters. The van der Waals surface area contributed by atoms with E-state index in [-0.39, 0.29) is 6.61 Å². The van der Waals surface area contributed by atoms with Crippen LogP contribution in [0.5, 0.6) is 0 Å². The summed E-state index contributed by atoms with van der Waals surface area (Å²) in [5.41, 5.74) is 0.387. The van der Waals surface area contributed by atoms with E-state index in [1.54, 1.807) is 6.92 Å². The average Bonchev–Trinajstić information content (AvgIpc) is 2.75. The SMILES string of the molecule is C=C(C)C(=O)OCCOCCOCCOCCOCCCCCCCCCCC[Si](C)(C)O. The summed E-state index contributed by atoms with van der Waals surface area (Å²) in [6, 6.07) is 1.04. The van der Waals surface area contributed by atoms with Crippen LogP contribution in [0, 0.1) is 0 Å². The molecule has 7 nitrogen and oxygen atoms in total. The molecule has 0 unspecified atom stereocenters. The highest BCUT2D eigenvalue weighted by molar-refractivity contribution is 6.69. The lowest BCUT2D eigenvalue weighted by atomic mass is 10.1. The summed E-state index contributed by atoms with van der Waals surface area (Å²) in [6.07, 6.45) is 11.4. The number of esters is 1. The highest BCUT2D eigenvalue weighted by atomic mass is 28.4. The lowest BCUT2D eigenvalue weighted by molar-refractivity contribution is -0.140. The van der Waals surface area contributed by atoms with E-state index in [0.29, 0.717) is 51.8 Å². The Morgan fingerprint density at radius 1 is 0.636 bits per heavy atom. The van der Waals surface area contributed by atoms with Gasteiger partial charge in [0.2, 0.25) is 0 Å². The molecule has 0 aromatic carbocycles. The molecule has 0 heterocycles. The average molecular weight is 491 g/mol. The predicted molar refractivity (Wildman–Crippen MR) is 135 cm³/mol. The topological polar surface area (TPSA) is 83.5 Å². The van der Waals surface area contributed by atoms with E-state index < -0.39 is 14.3 Å². The Bertz CT molecular complexity index is 466. The van der Waals surface area contributed by atoms with E-state index in [1.165, 1.54) is 51.4 Å². The van der Waals surface area contributed by atoms with E-state index >= 15 is 0 Å². The molecular formula is C25H50O7Si. The first-order chi connectivity index (χ1) is 15.8. The van der Waals surface area contributed by atoms with Crippen LogP contribution >= 0.6 is 0 Å². The van der Waals surface area contributed by atoms with Gasteiger partial charge in [0.15, 0.2) is 8.32 Å². The van der Waals surface area contributed by atoms with Crippen LogP contribution in [-0.2, 0) is 28.5 Å².